The molecule has 3 unspecified atom stereocenters. The number of carbonyl (C=O) groups excluding carboxylic acids is 1. The average molecular weight is 282 g/mol. The summed E-state index contributed by atoms with van der Waals surface area (Å²) in [5.74, 6) is -4.54. The second kappa shape index (κ2) is 7.13. The van der Waals surface area contributed by atoms with Gasteiger partial charge in [0.1, 0.15) is 6.67 Å². The minimum absolute atomic E-state index is 0.415. The van der Waals surface area contributed by atoms with Gasteiger partial charge in [-0.3, -0.25) is 4.79 Å². The Morgan fingerprint density at radius 3 is 2.24 bits per heavy atom. The number of hydrogen-bond acceptors (Lipinski definition) is 2. The van der Waals surface area contributed by atoms with Crippen LogP contribution in [-0.2, 0) is 4.79 Å². The van der Waals surface area contributed by atoms with E-state index in [9.17, 15) is 31.1 Å². The summed E-state index contributed by atoms with van der Waals surface area (Å²) in [5.41, 5.74) is 0. The van der Waals surface area contributed by atoms with Gasteiger partial charge in [-0.15, -0.1) is 0 Å². The van der Waals surface area contributed by atoms with Crippen molar-refractivity contribution >= 4 is 16.9 Å². The molecule has 3 atom stereocenters. The second-order valence-corrected chi connectivity index (χ2v) is 4.64. The van der Waals surface area contributed by atoms with Crippen LogP contribution in [0.2, 0.25) is 0 Å². The van der Waals surface area contributed by atoms with E-state index in [2.05, 4.69) is 0 Å². The van der Waals surface area contributed by atoms with Gasteiger partial charge in [0.15, 0.2) is 23.6 Å². The highest BCUT2D eigenvalue weighted by Gasteiger charge is 2.48. The van der Waals surface area contributed by atoms with E-state index in [0.717, 1.165) is 6.92 Å². The Labute approximate surface area is 98.9 Å². The fraction of sp³-hybridized carbons (Fsp3) is 0.889. The van der Waals surface area contributed by atoms with Gasteiger partial charge in [0.05, 0.1) is 0 Å². The number of thioether (sulfide) groups is 1. The maximum atomic E-state index is 13.0. The molecule has 0 radical (unpaired) electrons. The molecule has 0 saturated carbocycles. The number of rotatable bonds is 7. The van der Waals surface area contributed by atoms with Crippen LogP contribution in [0.15, 0.2) is 0 Å². The topological polar surface area (TPSA) is 17.1 Å². The summed E-state index contributed by atoms with van der Waals surface area (Å²) in [6.07, 6.45) is -10.6. The summed E-state index contributed by atoms with van der Waals surface area (Å²) in [4.78, 5) is 10.4. The largest absolute Gasteiger partial charge is 0.288 e. The summed E-state index contributed by atoms with van der Waals surface area (Å²) >= 11 is 0.526. The first kappa shape index (κ1) is 16.6. The van der Waals surface area contributed by atoms with Crippen molar-refractivity contribution in [1.29, 1.82) is 0 Å². The van der Waals surface area contributed by atoms with Gasteiger partial charge in [0.25, 0.3) is 5.92 Å². The van der Waals surface area contributed by atoms with Crippen LogP contribution in [0, 0.1) is 0 Å². The van der Waals surface area contributed by atoms with Crippen molar-refractivity contribution in [1.82, 2.24) is 0 Å². The van der Waals surface area contributed by atoms with E-state index in [1.165, 1.54) is 0 Å². The molecular formula is C9H12F6OS. The van der Waals surface area contributed by atoms with Gasteiger partial charge in [-0.25, -0.2) is 26.3 Å². The Morgan fingerprint density at radius 2 is 1.82 bits per heavy atom. The van der Waals surface area contributed by atoms with Gasteiger partial charge in [0, 0.05) is 19.1 Å². The third-order valence-electron chi connectivity index (χ3n) is 1.92. The molecule has 0 saturated heterocycles. The van der Waals surface area contributed by atoms with E-state index in [1.807, 2.05) is 0 Å². The monoisotopic (exact) mass is 282 g/mol. The van der Waals surface area contributed by atoms with Gasteiger partial charge in [0.2, 0.25) is 0 Å². The summed E-state index contributed by atoms with van der Waals surface area (Å²) in [7, 11) is 0. The molecule has 0 fully saturated rings. The van der Waals surface area contributed by atoms with Crippen LogP contribution in [0.3, 0.4) is 0 Å². The average Bonchev–Trinajstić information content (AvgIpc) is 2.25. The Kier molecular flexibility index (Phi) is 6.96. The Hall–Kier alpha value is -0.400. The van der Waals surface area contributed by atoms with E-state index >= 15 is 0 Å². The zero-order valence-electron chi connectivity index (χ0n) is 8.94. The van der Waals surface area contributed by atoms with Crippen molar-refractivity contribution in [2.45, 2.75) is 37.8 Å². The third-order valence-corrected chi connectivity index (χ3v) is 2.73. The van der Waals surface area contributed by atoms with Gasteiger partial charge in [-0.2, -0.15) is 0 Å². The summed E-state index contributed by atoms with van der Waals surface area (Å²) in [6.45, 7) is -0.728. The highest BCUT2D eigenvalue weighted by atomic mass is 32.2. The predicted molar refractivity (Wildman–Crippen MR) is 53.4 cm³/mol. The number of alkyl halides is 6. The van der Waals surface area contributed by atoms with E-state index in [-0.39, 0.29) is 0 Å². The highest BCUT2D eigenvalue weighted by Crippen LogP contribution is 2.32. The van der Waals surface area contributed by atoms with Crippen LogP contribution < -0.4 is 0 Å². The summed E-state index contributed by atoms with van der Waals surface area (Å²) < 4.78 is 75.7. The predicted octanol–water partition coefficient (Wildman–Crippen LogP) is 3.28. The molecule has 0 aromatic heterocycles. The lowest BCUT2D eigenvalue weighted by molar-refractivity contribution is -0.114. The standard InChI is InChI=1S/C9H12F6OS/c1-5(16)17-3-2-9(14,15)8(13)7(12)6(11)4-10/h6-8H,2-4H2,1H3. The van der Waals surface area contributed by atoms with Gasteiger partial charge >= 0.3 is 0 Å². The fourth-order valence-electron chi connectivity index (χ4n) is 0.970. The fourth-order valence-corrected chi connectivity index (χ4v) is 1.63. The molecule has 0 rings (SSSR count). The number of carbonyl (C=O) groups is 1. The molecule has 0 aliphatic rings. The smallest absolute Gasteiger partial charge is 0.282 e. The third kappa shape index (κ3) is 5.65. The zero-order valence-corrected chi connectivity index (χ0v) is 9.75. The van der Waals surface area contributed by atoms with Crippen molar-refractivity contribution in [3.63, 3.8) is 0 Å². The molecule has 0 spiro atoms. The van der Waals surface area contributed by atoms with Crippen LogP contribution in [0.5, 0.6) is 0 Å². The van der Waals surface area contributed by atoms with Crippen LogP contribution in [0.25, 0.3) is 0 Å². The first-order valence-electron chi connectivity index (χ1n) is 4.71. The lowest BCUT2D eigenvalue weighted by Gasteiger charge is -2.24. The molecule has 102 valence electrons. The van der Waals surface area contributed by atoms with Gasteiger partial charge in [-0.05, 0) is 0 Å². The molecule has 0 aromatic rings. The lowest BCUT2D eigenvalue weighted by atomic mass is 10.0. The Bertz CT molecular complexity index is 250. The highest BCUT2D eigenvalue weighted by molar-refractivity contribution is 8.13. The van der Waals surface area contributed by atoms with Crippen LogP contribution in [0.1, 0.15) is 13.3 Å². The maximum absolute atomic E-state index is 13.0. The quantitative estimate of drug-likeness (QED) is 0.667. The van der Waals surface area contributed by atoms with Gasteiger partial charge < -0.3 is 0 Å². The maximum Gasteiger partial charge on any atom is 0.282 e. The van der Waals surface area contributed by atoms with Crippen molar-refractivity contribution in [3.8, 4) is 0 Å². The van der Waals surface area contributed by atoms with Crippen LogP contribution in [0.4, 0.5) is 26.3 Å². The molecule has 0 bridgehead atoms. The van der Waals surface area contributed by atoms with Crippen molar-refractivity contribution in [3.05, 3.63) is 0 Å². The second-order valence-electron chi connectivity index (χ2n) is 3.37. The number of halogens is 6. The van der Waals surface area contributed by atoms with E-state index < -0.39 is 48.4 Å². The van der Waals surface area contributed by atoms with E-state index in [0.29, 0.717) is 11.8 Å². The molecule has 0 N–H and O–H groups in total. The van der Waals surface area contributed by atoms with Crippen LogP contribution in [-0.4, -0.2) is 42.0 Å². The molecule has 0 amide bonds. The molecule has 0 aliphatic heterocycles. The van der Waals surface area contributed by atoms with E-state index in [1.54, 1.807) is 0 Å². The normalized spacial score (nSPS) is 17.6. The molecular weight excluding hydrogens is 270 g/mol. The number of hydrogen-bond donors (Lipinski definition) is 0. The van der Waals surface area contributed by atoms with Crippen LogP contribution >= 0.6 is 11.8 Å². The summed E-state index contributed by atoms with van der Waals surface area (Å²) in [5, 5.41) is -0.444. The molecule has 1 nitrogen and oxygen atoms in total. The van der Waals surface area contributed by atoms with Crippen molar-refractivity contribution < 1.29 is 31.1 Å². The molecule has 0 aromatic carbocycles. The van der Waals surface area contributed by atoms with Crippen molar-refractivity contribution in [2.24, 2.45) is 0 Å². The lowest BCUT2D eigenvalue weighted by Crippen LogP contribution is -2.42. The Balaban J connectivity index is 4.32. The van der Waals surface area contributed by atoms with Gasteiger partial charge in [-0.1, -0.05) is 11.8 Å². The minimum atomic E-state index is -4.12. The zero-order chi connectivity index (χ0) is 13.6. The van der Waals surface area contributed by atoms with Crippen molar-refractivity contribution in [2.75, 3.05) is 12.4 Å². The first-order valence-corrected chi connectivity index (χ1v) is 5.70. The summed E-state index contributed by atoms with van der Waals surface area (Å²) in [6, 6.07) is 0. The molecule has 0 aliphatic carbocycles. The molecule has 17 heavy (non-hydrogen) atoms. The molecule has 0 heterocycles. The van der Waals surface area contributed by atoms with E-state index in [4.69, 9.17) is 0 Å². The minimum Gasteiger partial charge on any atom is -0.288 e. The SMILES string of the molecule is CC(=O)SCCC(F)(F)C(F)C(F)C(F)CF. The Morgan fingerprint density at radius 1 is 1.29 bits per heavy atom. The molecule has 8 heteroatoms. The first-order chi connectivity index (χ1) is 7.72.